The first-order chi connectivity index (χ1) is 12.2. The lowest BCUT2D eigenvalue weighted by molar-refractivity contribution is -0.150. The number of rotatable bonds is 4. The van der Waals surface area contributed by atoms with Crippen LogP contribution >= 0.6 is 24.0 Å². The van der Waals surface area contributed by atoms with Gasteiger partial charge in [-0.25, -0.2) is 4.79 Å². The minimum atomic E-state index is -1.64. The number of likely N-dealkylation sites (N-methyl/N-ethyl adjacent to an activating group) is 1. The highest BCUT2D eigenvalue weighted by atomic mass is 32.2. The summed E-state index contributed by atoms with van der Waals surface area (Å²) in [7, 11) is 1.57. The van der Waals surface area contributed by atoms with Crippen LogP contribution in [0.25, 0.3) is 5.57 Å². The van der Waals surface area contributed by atoms with Crippen molar-refractivity contribution in [3.8, 4) is 0 Å². The number of thioether (sulfide) groups is 1. The van der Waals surface area contributed by atoms with Crippen molar-refractivity contribution in [2.75, 3.05) is 11.9 Å². The van der Waals surface area contributed by atoms with E-state index in [0.717, 1.165) is 16.7 Å². The Kier molecular flexibility index (Phi) is 4.55. The van der Waals surface area contributed by atoms with Gasteiger partial charge in [-0.3, -0.25) is 19.3 Å². The highest BCUT2D eigenvalue weighted by molar-refractivity contribution is 8.26. The third kappa shape index (κ3) is 2.76. The first-order valence-electron chi connectivity index (χ1n) is 7.35. The molecule has 8 nitrogen and oxygen atoms in total. The Balaban J connectivity index is 2.09. The molecule has 3 rings (SSSR count). The Hall–Kier alpha value is -2.72. The fourth-order valence-electron chi connectivity index (χ4n) is 2.84. The monoisotopic (exact) mass is 392 g/mol. The van der Waals surface area contributed by atoms with Crippen LogP contribution in [-0.2, 0) is 19.2 Å². The summed E-state index contributed by atoms with van der Waals surface area (Å²) in [6.07, 6.45) is -0.797. The molecule has 2 aliphatic rings. The number of benzene rings is 1. The van der Waals surface area contributed by atoms with Crippen molar-refractivity contribution in [2.45, 2.75) is 12.5 Å². The number of hydrogen-bond acceptors (Lipinski definition) is 6. The zero-order valence-corrected chi connectivity index (χ0v) is 15.0. The molecule has 0 aromatic heterocycles. The Morgan fingerprint density at radius 2 is 1.85 bits per heavy atom. The van der Waals surface area contributed by atoms with Gasteiger partial charge in [0.15, 0.2) is 0 Å². The molecule has 1 saturated heterocycles. The number of carbonyl (C=O) groups excluding carboxylic acids is 2. The molecule has 1 atom stereocenters. The summed E-state index contributed by atoms with van der Waals surface area (Å²) >= 11 is 5.90. The summed E-state index contributed by atoms with van der Waals surface area (Å²) in [4.78, 5) is 50.0. The number of para-hydroxylation sites is 1. The Labute approximate surface area is 157 Å². The Morgan fingerprint density at radius 3 is 2.46 bits per heavy atom. The van der Waals surface area contributed by atoms with E-state index in [1.54, 1.807) is 31.3 Å². The largest absolute Gasteiger partial charge is 0.481 e. The number of carboxylic acid groups (broad SMARTS) is 2. The number of amides is 2. The number of carbonyl (C=O) groups is 4. The van der Waals surface area contributed by atoms with E-state index in [1.165, 1.54) is 4.90 Å². The van der Waals surface area contributed by atoms with Crippen LogP contribution in [-0.4, -0.2) is 56.3 Å². The zero-order chi connectivity index (χ0) is 19.2. The van der Waals surface area contributed by atoms with Crippen molar-refractivity contribution in [1.82, 2.24) is 4.90 Å². The van der Waals surface area contributed by atoms with E-state index in [9.17, 15) is 24.3 Å². The molecule has 0 radical (unpaired) electrons. The molecule has 1 fully saturated rings. The predicted octanol–water partition coefficient (Wildman–Crippen LogP) is 1.16. The normalized spacial score (nSPS) is 20.6. The third-order valence-corrected chi connectivity index (χ3v) is 5.45. The van der Waals surface area contributed by atoms with Crippen molar-refractivity contribution in [3.05, 3.63) is 34.7 Å². The van der Waals surface area contributed by atoms with E-state index in [0.29, 0.717) is 11.3 Å². The standard InChI is InChI=1S/C16H12N2O6S2/c1-17-8-5-3-2-4-7(8)11(13(17)21)12-14(22)18(16(25)26-12)9(15(23)24)6-10(19)20/h2-5,9H,6H2,1H3,(H,19,20)(H,23,24)/b12-11-/t9-/m1/s1. The lowest BCUT2D eigenvalue weighted by atomic mass is 10.1. The maximum atomic E-state index is 12.8. The van der Waals surface area contributed by atoms with Crippen LogP contribution in [0.1, 0.15) is 12.0 Å². The molecule has 0 unspecified atom stereocenters. The lowest BCUT2D eigenvalue weighted by Gasteiger charge is -2.21. The Morgan fingerprint density at radius 1 is 1.19 bits per heavy atom. The second-order valence-electron chi connectivity index (χ2n) is 5.58. The maximum absolute atomic E-state index is 12.8. The number of thiocarbonyl (C=S) groups is 1. The number of nitrogens with zero attached hydrogens (tertiary/aromatic N) is 2. The SMILES string of the molecule is CN1C(=O)/C(=C2\SC(=S)N([C@H](CC(=O)O)C(=O)O)C2=O)c2ccccc21. The first-order valence-corrected chi connectivity index (χ1v) is 8.58. The molecule has 1 aromatic carbocycles. The molecule has 1 aromatic rings. The van der Waals surface area contributed by atoms with Crippen molar-refractivity contribution in [1.29, 1.82) is 0 Å². The van der Waals surface area contributed by atoms with Crippen LogP contribution < -0.4 is 4.90 Å². The molecule has 10 heteroatoms. The molecule has 0 spiro atoms. The molecule has 2 aliphatic heterocycles. The van der Waals surface area contributed by atoms with Gasteiger partial charge in [0.2, 0.25) is 0 Å². The molecule has 134 valence electrons. The maximum Gasteiger partial charge on any atom is 0.327 e. The summed E-state index contributed by atoms with van der Waals surface area (Å²) in [5.74, 6) is -4.04. The van der Waals surface area contributed by atoms with Gasteiger partial charge in [0.05, 0.1) is 22.6 Å². The number of aliphatic carboxylic acids is 2. The molecule has 2 N–H and O–H groups in total. The Bertz CT molecular complexity index is 910. The molecule has 0 saturated carbocycles. The van der Waals surface area contributed by atoms with E-state index in [1.807, 2.05) is 0 Å². The zero-order valence-electron chi connectivity index (χ0n) is 13.3. The van der Waals surface area contributed by atoms with Gasteiger partial charge >= 0.3 is 11.9 Å². The van der Waals surface area contributed by atoms with E-state index in [2.05, 4.69) is 0 Å². The van der Waals surface area contributed by atoms with E-state index in [4.69, 9.17) is 17.3 Å². The van der Waals surface area contributed by atoms with Gasteiger partial charge in [-0.15, -0.1) is 0 Å². The second-order valence-corrected chi connectivity index (χ2v) is 7.22. The second kappa shape index (κ2) is 6.54. The topological polar surface area (TPSA) is 115 Å². The molecule has 26 heavy (non-hydrogen) atoms. The third-order valence-electron chi connectivity index (χ3n) is 4.04. The predicted molar refractivity (Wildman–Crippen MR) is 97.5 cm³/mol. The molecule has 2 amide bonds. The van der Waals surface area contributed by atoms with Gasteiger partial charge in [-0.2, -0.15) is 0 Å². The smallest absolute Gasteiger partial charge is 0.327 e. The van der Waals surface area contributed by atoms with Crippen LogP contribution in [0.2, 0.25) is 0 Å². The molecular weight excluding hydrogens is 380 g/mol. The van der Waals surface area contributed by atoms with Gasteiger partial charge in [0.1, 0.15) is 10.4 Å². The van der Waals surface area contributed by atoms with Crippen LogP contribution in [0.3, 0.4) is 0 Å². The van der Waals surface area contributed by atoms with Gasteiger partial charge in [0, 0.05) is 12.6 Å². The van der Waals surface area contributed by atoms with Gasteiger partial charge < -0.3 is 15.1 Å². The van der Waals surface area contributed by atoms with E-state index >= 15 is 0 Å². The van der Waals surface area contributed by atoms with Crippen molar-refractivity contribution in [3.63, 3.8) is 0 Å². The molecule has 0 aliphatic carbocycles. The average Bonchev–Trinajstić information content (AvgIpc) is 2.99. The summed E-state index contributed by atoms with van der Waals surface area (Å²) in [6, 6.07) is 5.25. The summed E-state index contributed by atoms with van der Waals surface area (Å²) in [5.41, 5.74) is 1.31. The number of anilines is 1. The van der Waals surface area contributed by atoms with Gasteiger partial charge in [0.25, 0.3) is 11.8 Å². The van der Waals surface area contributed by atoms with Gasteiger partial charge in [-0.05, 0) is 6.07 Å². The first kappa shape index (κ1) is 18.1. The van der Waals surface area contributed by atoms with Crippen LogP contribution in [0.4, 0.5) is 5.69 Å². The highest BCUT2D eigenvalue weighted by Crippen LogP contribution is 2.44. The fourth-order valence-corrected chi connectivity index (χ4v) is 4.27. The number of hydrogen-bond donors (Lipinski definition) is 2. The molecular formula is C16H12N2O6S2. The lowest BCUT2D eigenvalue weighted by Crippen LogP contribution is -2.45. The van der Waals surface area contributed by atoms with E-state index in [-0.39, 0.29) is 14.8 Å². The van der Waals surface area contributed by atoms with Crippen molar-refractivity contribution >= 4 is 63.3 Å². The highest BCUT2D eigenvalue weighted by Gasteiger charge is 2.45. The fraction of sp³-hybridized carbons (Fsp3) is 0.188. The number of fused-ring (bicyclic) bond motifs is 1. The quantitative estimate of drug-likeness (QED) is 0.579. The van der Waals surface area contributed by atoms with Crippen LogP contribution in [0.5, 0.6) is 0 Å². The van der Waals surface area contributed by atoms with Crippen LogP contribution in [0, 0.1) is 0 Å². The van der Waals surface area contributed by atoms with Crippen molar-refractivity contribution in [2.24, 2.45) is 0 Å². The minimum absolute atomic E-state index is 0.00781. The van der Waals surface area contributed by atoms with E-state index < -0.39 is 36.2 Å². The average molecular weight is 392 g/mol. The number of carboxylic acids is 2. The van der Waals surface area contributed by atoms with Crippen LogP contribution in [0.15, 0.2) is 29.2 Å². The molecule has 2 heterocycles. The van der Waals surface area contributed by atoms with Gasteiger partial charge in [-0.1, -0.05) is 42.2 Å². The van der Waals surface area contributed by atoms with Crippen molar-refractivity contribution < 1.29 is 29.4 Å². The minimum Gasteiger partial charge on any atom is -0.481 e. The summed E-state index contributed by atoms with van der Waals surface area (Å²) in [5, 5.41) is 18.2. The summed E-state index contributed by atoms with van der Waals surface area (Å²) < 4.78 is -0.0917. The molecule has 0 bridgehead atoms. The summed E-state index contributed by atoms with van der Waals surface area (Å²) in [6.45, 7) is 0.